The molecule has 9 heteroatoms. The van der Waals surface area contributed by atoms with Gasteiger partial charge in [-0.15, -0.1) is 0 Å². The third-order valence-corrected chi connectivity index (χ3v) is 5.40. The molecule has 0 spiro atoms. The summed E-state index contributed by atoms with van der Waals surface area (Å²) in [6.45, 7) is 1.67. The van der Waals surface area contributed by atoms with Crippen LogP contribution in [0.2, 0.25) is 5.02 Å². The molecule has 0 aliphatic carbocycles. The van der Waals surface area contributed by atoms with Gasteiger partial charge < -0.3 is 19.1 Å². The summed E-state index contributed by atoms with van der Waals surface area (Å²) in [7, 11) is 2.95. The summed E-state index contributed by atoms with van der Waals surface area (Å²) in [5, 5.41) is 15.6. The molecule has 2 aromatic carbocycles. The van der Waals surface area contributed by atoms with Crippen molar-refractivity contribution in [3.63, 3.8) is 0 Å². The molecule has 0 bridgehead atoms. The maximum absolute atomic E-state index is 13.1. The van der Waals surface area contributed by atoms with Crippen LogP contribution in [0, 0.1) is 6.92 Å². The average Bonchev–Trinajstić information content (AvgIpc) is 3.34. The van der Waals surface area contributed by atoms with Crippen molar-refractivity contribution < 1.29 is 28.7 Å². The van der Waals surface area contributed by atoms with Crippen LogP contribution in [0.15, 0.2) is 58.6 Å². The molecule has 8 nitrogen and oxygen atoms in total. The number of aryl methyl sites for hydroxylation is 1. The number of benzene rings is 2. The van der Waals surface area contributed by atoms with E-state index in [1.165, 1.54) is 25.2 Å². The van der Waals surface area contributed by atoms with E-state index in [-0.39, 0.29) is 22.7 Å². The fourth-order valence-electron chi connectivity index (χ4n) is 3.64. The van der Waals surface area contributed by atoms with Gasteiger partial charge in [0.05, 0.1) is 25.8 Å². The predicted octanol–water partition coefficient (Wildman–Crippen LogP) is 4.28. The van der Waals surface area contributed by atoms with Crippen LogP contribution < -0.4 is 14.4 Å². The van der Waals surface area contributed by atoms with Gasteiger partial charge in [-0.05, 0) is 42.8 Å². The second-order valence-corrected chi connectivity index (χ2v) is 7.52. The highest BCUT2D eigenvalue weighted by atomic mass is 35.5. The van der Waals surface area contributed by atoms with Crippen molar-refractivity contribution in [3.05, 3.63) is 76.0 Å². The summed E-state index contributed by atoms with van der Waals surface area (Å²) < 4.78 is 15.6. The fraction of sp³-hybridized carbons (Fsp3) is 0.174. The second-order valence-electron chi connectivity index (χ2n) is 7.09. The molecule has 164 valence electrons. The zero-order valence-corrected chi connectivity index (χ0v) is 18.2. The van der Waals surface area contributed by atoms with E-state index in [0.717, 1.165) is 0 Å². The largest absolute Gasteiger partial charge is 0.507 e. The molecule has 1 fully saturated rings. The van der Waals surface area contributed by atoms with Crippen LogP contribution in [-0.2, 0) is 9.59 Å². The van der Waals surface area contributed by atoms with Gasteiger partial charge in [0.15, 0.2) is 17.3 Å². The van der Waals surface area contributed by atoms with Crippen molar-refractivity contribution >= 4 is 34.9 Å². The number of halogens is 1. The minimum absolute atomic E-state index is 0.0924. The van der Waals surface area contributed by atoms with Gasteiger partial charge in [0.1, 0.15) is 11.5 Å². The second kappa shape index (κ2) is 8.39. The van der Waals surface area contributed by atoms with Crippen molar-refractivity contribution in [2.75, 3.05) is 19.1 Å². The highest BCUT2D eigenvalue weighted by molar-refractivity contribution is 6.51. The number of ether oxygens (including phenoxy) is 2. The summed E-state index contributed by atoms with van der Waals surface area (Å²) in [5.41, 5.74) is 0.762. The van der Waals surface area contributed by atoms with Crippen LogP contribution in [-0.4, -0.2) is 36.2 Å². The molecule has 2 heterocycles. The predicted molar refractivity (Wildman–Crippen MR) is 117 cm³/mol. The van der Waals surface area contributed by atoms with Crippen molar-refractivity contribution in [2.24, 2.45) is 0 Å². The molecule has 1 unspecified atom stereocenters. The first kappa shape index (κ1) is 21.5. The van der Waals surface area contributed by atoms with Gasteiger partial charge in [-0.1, -0.05) is 28.9 Å². The lowest BCUT2D eigenvalue weighted by molar-refractivity contribution is -0.132. The number of nitrogens with zero attached hydrogens (tertiary/aromatic N) is 2. The van der Waals surface area contributed by atoms with Gasteiger partial charge in [-0.2, -0.15) is 0 Å². The number of hydrogen-bond acceptors (Lipinski definition) is 7. The van der Waals surface area contributed by atoms with Gasteiger partial charge in [-0.3, -0.25) is 14.5 Å². The molecule has 1 amide bonds. The van der Waals surface area contributed by atoms with Crippen molar-refractivity contribution in [2.45, 2.75) is 13.0 Å². The monoisotopic (exact) mass is 454 g/mol. The zero-order valence-electron chi connectivity index (χ0n) is 17.5. The van der Waals surface area contributed by atoms with Crippen LogP contribution >= 0.6 is 11.6 Å². The Bertz CT molecular complexity index is 1230. The molecule has 1 aliphatic heterocycles. The lowest BCUT2D eigenvalue weighted by atomic mass is 9.95. The summed E-state index contributed by atoms with van der Waals surface area (Å²) in [6, 6.07) is 12.0. The lowest BCUT2D eigenvalue weighted by Crippen LogP contribution is -2.29. The number of amides is 1. The maximum Gasteiger partial charge on any atom is 0.301 e. The minimum atomic E-state index is -0.940. The Hall–Kier alpha value is -3.78. The van der Waals surface area contributed by atoms with E-state index in [1.807, 2.05) is 0 Å². The Labute approximate surface area is 188 Å². The molecule has 0 radical (unpaired) electrons. The number of hydrogen-bond donors (Lipinski definition) is 1. The van der Waals surface area contributed by atoms with E-state index in [0.29, 0.717) is 27.8 Å². The summed E-state index contributed by atoms with van der Waals surface area (Å²) in [5.74, 6) is -0.588. The summed E-state index contributed by atoms with van der Waals surface area (Å²) in [6.07, 6.45) is 0. The lowest BCUT2D eigenvalue weighted by Gasteiger charge is -2.23. The SMILES string of the molecule is COc1ccc(/C(O)=C2\C(=O)C(=O)N(c3cc(C)on3)C2c2ccc(Cl)cc2)cc1OC. The Morgan fingerprint density at radius 2 is 1.75 bits per heavy atom. The summed E-state index contributed by atoms with van der Waals surface area (Å²) in [4.78, 5) is 27.3. The first-order valence-electron chi connectivity index (χ1n) is 9.58. The molecule has 1 N–H and O–H groups in total. The molecular weight excluding hydrogens is 436 g/mol. The van der Waals surface area contributed by atoms with E-state index in [1.54, 1.807) is 49.4 Å². The molecule has 3 aromatic rings. The number of methoxy groups -OCH3 is 2. The molecule has 1 atom stereocenters. The molecule has 4 rings (SSSR count). The number of carbonyl (C=O) groups is 2. The molecular formula is C23H19ClN2O6. The topological polar surface area (TPSA) is 102 Å². The van der Waals surface area contributed by atoms with Crippen LogP contribution in [0.5, 0.6) is 11.5 Å². The Morgan fingerprint density at radius 3 is 2.34 bits per heavy atom. The van der Waals surface area contributed by atoms with E-state index in [4.69, 9.17) is 25.6 Å². The van der Waals surface area contributed by atoms with Crippen LogP contribution in [0.25, 0.3) is 5.76 Å². The molecule has 0 saturated carbocycles. The maximum atomic E-state index is 13.1. The zero-order chi connectivity index (χ0) is 23.0. The number of carbonyl (C=O) groups excluding carboxylic acids is 2. The van der Waals surface area contributed by atoms with Crippen molar-refractivity contribution in [1.29, 1.82) is 0 Å². The third kappa shape index (κ3) is 3.58. The normalized spacial score (nSPS) is 17.6. The first-order valence-corrected chi connectivity index (χ1v) is 9.95. The number of aliphatic hydroxyl groups is 1. The summed E-state index contributed by atoms with van der Waals surface area (Å²) >= 11 is 6.03. The van der Waals surface area contributed by atoms with Crippen molar-refractivity contribution in [3.8, 4) is 11.5 Å². The van der Waals surface area contributed by atoms with Crippen molar-refractivity contribution in [1.82, 2.24) is 5.16 Å². The number of anilines is 1. The standard InChI is InChI=1S/C23H19ClN2O6/c1-12-10-18(25-32-12)26-20(13-4-7-15(24)8-5-13)19(22(28)23(26)29)21(27)14-6-9-16(30-2)17(11-14)31-3/h4-11,20,27H,1-3H3/b21-19+. The quantitative estimate of drug-likeness (QED) is 0.348. The third-order valence-electron chi connectivity index (χ3n) is 5.15. The van der Waals surface area contributed by atoms with E-state index >= 15 is 0 Å². The molecule has 32 heavy (non-hydrogen) atoms. The van der Waals surface area contributed by atoms with E-state index < -0.39 is 17.7 Å². The van der Waals surface area contributed by atoms with Gasteiger partial charge in [0.25, 0.3) is 5.78 Å². The van der Waals surface area contributed by atoms with E-state index in [2.05, 4.69) is 5.16 Å². The molecule has 1 aromatic heterocycles. The van der Waals surface area contributed by atoms with Gasteiger partial charge in [0.2, 0.25) is 0 Å². The van der Waals surface area contributed by atoms with Gasteiger partial charge >= 0.3 is 5.91 Å². The highest BCUT2D eigenvalue weighted by Gasteiger charge is 2.48. The first-order chi connectivity index (χ1) is 15.3. The van der Waals surface area contributed by atoms with Crippen LogP contribution in [0.3, 0.4) is 0 Å². The van der Waals surface area contributed by atoms with Gasteiger partial charge in [0, 0.05) is 16.7 Å². The number of aromatic nitrogens is 1. The smallest absolute Gasteiger partial charge is 0.301 e. The highest BCUT2D eigenvalue weighted by Crippen LogP contribution is 2.42. The Kier molecular flexibility index (Phi) is 5.63. The van der Waals surface area contributed by atoms with Crippen LogP contribution in [0.4, 0.5) is 5.82 Å². The number of aliphatic hydroxyl groups excluding tert-OH is 1. The molecule has 1 aliphatic rings. The minimum Gasteiger partial charge on any atom is -0.507 e. The number of Topliss-reactive ketones (excluding diaryl/α,β-unsaturated/α-hetero) is 1. The fourth-order valence-corrected chi connectivity index (χ4v) is 3.76. The average molecular weight is 455 g/mol. The number of rotatable bonds is 5. The number of ketones is 1. The van der Waals surface area contributed by atoms with Crippen LogP contribution in [0.1, 0.15) is 22.9 Å². The molecule has 1 saturated heterocycles. The Balaban J connectivity index is 1.93. The van der Waals surface area contributed by atoms with Gasteiger partial charge in [-0.25, -0.2) is 0 Å². The van der Waals surface area contributed by atoms with E-state index in [9.17, 15) is 14.7 Å². The Morgan fingerprint density at radius 1 is 1.06 bits per heavy atom.